The number of rotatable bonds is 3. The number of benzene rings is 3. The highest BCUT2D eigenvalue weighted by molar-refractivity contribution is 9.10. The van der Waals surface area contributed by atoms with Crippen LogP contribution in [0.1, 0.15) is 33.6 Å². The van der Waals surface area contributed by atoms with Gasteiger partial charge in [-0.05, 0) is 53.9 Å². The molecule has 142 valence electrons. The Hall–Kier alpha value is -2.66. The maximum absolute atomic E-state index is 13.0. The van der Waals surface area contributed by atoms with Crippen LogP contribution in [0.2, 0.25) is 0 Å². The lowest BCUT2D eigenvalue weighted by Crippen LogP contribution is -2.46. The lowest BCUT2D eigenvalue weighted by molar-refractivity contribution is 0.0700. The number of nitrogens with zero attached hydrogens (tertiary/aromatic N) is 1. The van der Waals surface area contributed by atoms with Crippen LogP contribution in [0, 0.1) is 0 Å². The molecule has 0 aliphatic carbocycles. The fraction of sp³-hybridized carbons (Fsp3) is 0.217. The van der Waals surface area contributed by atoms with Crippen LogP contribution in [-0.4, -0.2) is 35.8 Å². The van der Waals surface area contributed by atoms with Gasteiger partial charge in [0.05, 0.1) is 0 Å². The third-order valence-electron chi connectivity index (χ3n) is 5.24. The minimum Gasteiger partial charge on any atom is -0.349 e. The summed E-state index contributed by atoms with van der Waals surface area (Å²) in [4.78, 5) is 27.3. The zero-order valence-electron chi connectivity index (χ0n) is 15.4. The van der Waals surface area contributed by atoms with Gasteiger partial charge < -0.3 is 10.2 Å². The van der Waals surface area contributed by atoms with Gasteiger partial charge in [-0.1, -0.05) is 52.3 Å². The van der Waals surface area contributed by atoms with Gasteiger partial charge >= 0.3 is 0 Å². The van der Waals surface area contributed by atoms with Crippen molar-refractivity contribution in [1.29, 1.82) is 0 Å². The molecule has 0 spiro atoms. The molecule has 0 bridgehead atoms. The van der Waals surface area contributed by atoms with Crippen molar-refractivity contribution in [3.63, 3.8) is 0 Å². The number of hydrogen-bond acceptors (Lipinski definition) is 2. The zero-order valence-corrected chi connectivity index (χ0v) is 17.0. The Bertz CT molecular complexity index is 1000. The lowest BCUT2D eigenvalue weighted by Gasteiger charge is -2.32. The van der Waals surface area contributed by atoms with E-state index >= 15 is 0 Å². The molecule has 0 atom stereocenters. The fourth-order valence-corrected chi connectivity index (χ4v) is 3.94. The molecule has 4 nitrogen and oxygen atoms in total. The molecule has 4 rings (SSSR count). The molecule has 5 heteroatoms. The van der Waals surface area contributed by atoms with E-state index in [1.165, 1.54) is 0 Å². The largest absolute Gasteiger partial charge is 0.349 e. The highest BCUT2D eigenvalue weighted by Gasteiger charge is 2.25. The summed E-state index contributed by atoms with van der Waals surface area (Å²) in [6.45, 7) is 1.29. The molecule has 1 fully saturated rings. The summed E-state index contributed by atoms with van der Waals surface area (Å²) in [5.41, 5.74) is 1.40. The molecular formula is C23H21BrN2O2. The van der Waals surface area contributed by atoms with E-state index in [1.807, 2.05) is 59.5 Å². The number of fused-ring (bicyclic) bond motifs is 1. The molecule has 0 saturated carbocycles. The molecule has 3 aromatic rings. The molecule has 0 unspecified atom stereocenters. The molecule has 0 radical (unpaired) electrons. The molecular weight excluding hydrogens is 416 g/mol. The van der Waals surface area contributed by atoms with Gasteiger partial charge in [0.2, 0.25) is 0 Å². The second-order valence-electron chi connectivity index (χ2n) is 7.07. The van der Waals surface area contributed by atoms with E-state index < -0.39 is 0 Å². The Morgan fingerprint density at radius 1 is 0.893 bits per heavy atom. The van der Waals surface area contributed by atoms with Crippen molar-refractivity contribution >= 4 is 38.5 Å². The van der Waals surface area contributed by atoms with E-state index in [1.54, 1.807) is 12.1 Å². The minimum absolute atomic E-state index is 0.0636. The molecule has 28 heavy (non-hydrogen) atoms. The molecule has 3 aromatic carbocycles. The van der Waals surface area contributed by atoms with Gasteiger partial charge in [-0.25, -0.2) is 0 Å². The van der Waals surface area contributed by atoms with Crippen molar-refractivity contribution in [3.05, 3.63) is 82.3 Å². The number of piperidine rings is 1. The summed E-state index contributed by atoms with van der Waals surface area (Å²) < 4.78 is 0.948. The highest BCUT2D eigenvalue weighted by atomic mass is 79.9. The summed E-state index contributed by atoms with van der Waals surface area (Å²) in [6, 6.07) is 21.2. The monoisotopic (exact) mass is 436 g/mol. The maximum Gasteiger partial charge on any atom is 0.254 e. The number of carbonyl (C=O) groups is 2. The Labute approximate surface area is 172 Å². The van der Waals surface area contributed by atoms with Crippen molar-refractivity contribution in [2.75, 3.05) is 13.1 Å². The van der Waals surface area contributed by atoms with Crippen LogP contribution >= 0.6 is 15.9 Å². The number of amides is 2. The number of carbonyl (C=O) groups excluding carboxylic acids is 2. The average Bonchev–Trinajstić information content (AvgIpc) is 2.74. The van der Waals surface area contributed by atoms with Crippen LogP contribution in [0.4, 0.5) is 0 Å². The zero-order chi connectivity index (χ0) is 19.5. The molecule has 1 aliphatic rings. The van der Waals surface area contributed by atoms with Crippen LogP contribution < -0.4 is 5.32 Å². The fourth-order valence-electron chi connectivity index (χ4n) is 3.68. The Balaban J connectivity index is 1.39. The summed E-state index contributed by atoms with van der Waals surface area (Å²) in [6.07, 6.45) is 1.53. The first-order valence-corrected chi connectivity index (χ1v) is 10.2. The third kappa shape index (κ3) is 3.94. The summed E-state index contributed by atoms with van der Waals surface area (Å²) in [5.74, 6) is 0.000756. The van der Waals surface area contributed by atoms with Gasteiger partial charge in [0.1, 0.15) is 0 Å². The van der Waals surface area contributed by atoms with Crippen LogP contribution in [0.15, 0.2) is 71.2 Å². The van der Waals surface area contributed by atoms with Crippen molar-refractivity contribution in [2.24, 2.45) is 0 Å². The standard InChI is InChI=1S/C23H21BrN2O2/c24-18-10-8-17(9-11-18)22(27)25-19-12-14-26(15-13-19)23(28)21-7-3-5-16-4-1-2-6-20(16)21/h1-11,19H,12-15H2,(H,25,27). The molecule has 0 aromatic heterocycles. The van der Waals surface area contributed by atoms with Crippen molar-refractivity contribution in [1.82, 2.24) is 10.2 Å². The first-order chi connectivity index (χ1) is 13.6. The van der Waals surface area contributed by atoms with Crippen molar-refractivity contribution in [3.8, 4) is 0 Å². The lowest BCUT2D eigenvalue weighted by atomic mass is 10.0. The van der Waals surface area contributed by atoms with Crippen molar-refractivity contribution in [2.45, 2.75) is 18.9 Å². The average molecular weight is 437 g/mol. The van der Waals surface area contributed by atoms with E-state index in [4.69, 9.17) is 0 Å². The van der Waals surface area contributed by atoms with Gasteiger partial charge in [-0.2, -0.15) is 0 Å². The molecule has 1 heterocycles. The Morgan fingerprint density at radius 2 is 1.57 bits per heavy atom. The first-order valence-electron chi connectivity index (χ1n) is 9.45. The molecule has 1 N–H and O–H groups in total. The van der Waals surface area contributed by atoms with Crippen LogP contribution in [0.25, 0.3) is 10.8 Å². The normalized spacial score (nSPS) is 14.8. The Kier molecular flexibility index (Phi) is 5.44. The highest BCUT2D eigenvalue weighted by Crippen LogP contribution is 2.22. The van der Waals surface area contributed by atoms with E-state index in [2.05, 4.69) is 21.2 Å². The van der Waals surface area contributed by atoms with Gasteiger partial charge in [-0.3, -0.25) is 9.59 Å². The summed E-state index contributed by atoms with van der Waals surface area (Å²) in [7, 11) is 0. The number of hydrogen-bond donors (Lipinski definition) is 1. The maximum atomic E-state index is 13.0. The van der Waals surface area contributed by atoms with E-state index in [0.29, 0.717) is 18.7 Å². The SMILES string of the molecule is O=C(NC1CCN(C(=O)c2cccc3ccccc23)CC1)c1ccc(Br)cc1. The van der Waals surface area contributed by atoms with Gasteiger partial charge in [0.15, 0.2) is 0 Å². The molecule has 2 amide bonds. The molecule has 1 saturated heterocycles. The van der Waals surface area contributed by atoms with Gasteiger partial charge in [0.25, 0.3) is 11.8 Å². The number of likely N-dealkylation sites (tertiary alicyclic amines) is 1. The molecule has 1 aliphatic heterocycles. The van der Waals surface area contributed by atoms with E-state index in [9.17, 15) is 9.59 Å². The smallest absolute Gasteiger partial charge is 0.254 e. The van der Waals surface area contributed by atoms with Crippen LogP contribution in [0.3, 0.4) is 0 Å². The number of halogens is 1. The van der Waals surface area contributed by atoms with Gasteiger partial charge in [-0.15, -0.1) is 0 Å². The quantitative estimate of drug-likeness (QED) is 0.649. The second kappa shape index (κ2) is 8.15. The van der Waals surface area contributed by atoms with E-state index in [-0.39, 0.29) is 17.9 Å². The minimum atomic E-state index is -0.0636. The number of nitrogens with one attached hydrogen (secondary N) is 1. The summed E-state index contributed by atoms with van der Waals surface area (Å²) in [5, 5.41) is 5.15. The predicted molar refractivity (Wildman–Crippen MR) is 114 cm³/mol. The second-order valence-corrected chi connectivity index (χ2v) is 7.99. The predicted octanol–water partition coefficient (Wildman–Crippen LogP) is 4.64. The summed E-state index contributed by atoms with van der Waals surface area (Å²) >= 11 is 3.38. The third-order valence-corrected chi connectivity index (χ3v) is 5.77. The van der Waals surface area contributed by atoms with Crippen molar-refractivity contribution < 1.29 is 9.59 Å². The van der Waals surface area contributed by atoms with Gasteiger partial charge in [0, 0.05) is 34.7 Å². The van der Waals surface area contributed by atoms with E-state index in [0.717, 1.165) is 33.7 Å². The van der Waals surface area contributed by atoms with Crippen LogP contribution in [-0.2, 0) is 0 Å². The topological polar surface area (TPSA) is 49.4 Å². The first kappa shape index (κ1) is 18.7. The Morgan fingerprint density at radius 3 is 2.32 bits per heavy atom. The van der Waals surface area contributed by atoms with Crippen LogP contribution in [0.5, 0.6) is 0 Å².